The predicted molar refractivity (Wildman–Crippen MR) is 132 cm³/mol. The number of amides is 1. The lowest BCUT2D eigenvalue weighted by Gasteiger charge is -2.27. The fraction of sp³-hybridized carbons (Fsp3) is 0.111. The van der Waals surface area contributed by atoms with Crippen molar-refractivity contribution in [1.29, 1.82) is 0 Å². The van der Waals surface area contributed by atoms with Crippen LogP contribution in [-0.2, 0) is 11.4 Å². The summed E-state index contributed by atoms with van der Waals surface area (Å²) in [6.45, 7) is 2.90. The van der Waals surface area contributed by atoms with Gasteiger partial charge < -0.3 is 9.84 Å². The zero-order valence-corrected chi connectivity index (χ0v) is 20.1. The van der Waals surface area contributed by atoms with Crippen LogP contribution >= 0.6 is 11.6 Å². The number of ether oxygens (including phenoxy) is 1. The van der Waals surface area contributed by atoms with E-state index in [9.17, 15) is 23.5 Å². The Balaban J connectivity index is 1.80. The molecule has 184 valence electrons. The van der Waals surface area contributed by atoms with E-state index in [1.165, 1.54) is 36.2 Å². The Morgan fingerprint density at radius 3 is 2.50 bits per heavy atom. The second kappa shape index (κ2) is 10.2. The molecular weight excluding hydrogens is 490 g/mol. The predicted octanol–water partition coefficient (Wildman–Crippen LogP) is 6.49. The van der Waals surface area contributed by atoms with Gasteiger partial charge in [0, 0.05) is 28.8 Å². The second-order valence-electron chi connectivity index (χ2n) is 8.00. The average molecular weight is 511 g/mol. The molecule has 4 aromatic rings. The Kier molecular flexibility index (Phi) is 7.07. The van der Waals surface area contributed by atoms with Crippen LogP contribution in [0.3, 0.4) is 0 Å². The minimum Gasteiger partial charge on any atom is -0.488 e. The van der Waals surface area contributed by atoms with Crippen molar-refractivity contribution in [3.63, 3.8) is 0 Å². The smallest absolute Gasteiger partial charge is 0.335 e. The van der Waals surface area contributed by atoms with Crippen LogP contribution in [-0.4, -0.2) is 21.7 Å². The van der Waals surface area contributed by atoms with Gasteiger partial charge in [-0.05, 0) is 61.5 Å². The molecular formula is C27H21ClF2N2O4. The number of rotatable bonds is 7. The van der Waals surface area contributed by atoms with E-state index in [-0.39, 0.29) is 23.6 Å². The molecule has 0 aliphatic carbocycles. The molecule has 6 nitrogen and oxygen atoms in total. The van der Waals surface area contributed by atoms with E-state index in [1.807, 2.05) is 0 Å². The minimum atomic E-state index is -1.13. The van der Waals surface area contributed by atoms with E-state index in [0.717, 1.165) is 6.07 Å². The fourth-order valence-electron chi connectivity index (χ4n) is 3.85. The molecule has 1 N–H and O–H groups in total. The van der Waals surface area contributed by atoms with Crippen LogP contribution in [0.15, 0.2) is 72.8 Å². The quantitative estimate of drug-likeness (QED) is 0.308. The van der Waals surface area contributed by atoms with Gasteiger partial charge in [-0.3, -0.25) is 9.47 Å². The lowest BCUT2D eigenvalue weighted by atomic mass is 10.1. The van der Waals surface area contributed by atoms with Gasteiger partial charge in [-0.25, -0.2) is 18.6 Å². The molecule has 0 radical (unpaired) electrons. The normalized spacial score (nSPS) is 10.8. The number of halogens is 3. The number of hydrogen-bond acceptors (Lipinski definition) is 3. The molecule has 0 saturated heterocycles. The van der Waals surface area contributed by atoms with E-state index >= 15 is 0 Å². The minimum absolute atomic E-state index is 0.0222. The Bertz CT molecular complexity index is 1470. The van der Waals surface area contributed by atoms with Crippen LogP contribution in [0.25, 0.3) is 11.3 Å². The summed E-state index contributed by atoms with van der Waals surface area (Å²) in [5, 5.41) is 11.1. The van der Waals surface area contributed by atoms with Crippen LogP contribution in [0, 0.1) is 18.6 Å². The number of carboxylic acids is 1. The van der Waals surface area contributed by atoms with Crippen molar-refractivity contribution in [2.45, 2.75) is 20.5 Å². The first-order valence-electron chi connectivity index (χ1n) is 10.9. The van der Waals surface area contributed by atoms with E-state index < -0.39 is 17.6 Å². The Labute approximate surface area is 210 Å². The molecule has 0 fully saturated rings. The summed E-state index contributed by atoms with van der Waals surface area (Å²) in [7, 11) is 0. The van der Waals surface area contributed by atoms with E-state index in [4.69, 9.17) is 16.3 Å². The zero-order valence-electron chi connectivity index (χ0n) is 19.3. The molecule has 0 atom stereocenters. The first-order chi connectivity index (χ1) is 17.2. The monoisotopic (exact) mass is 510 g/mol. The molecule has 0 saturated carbocycles. The number of nitrogens with zero attached hydrogens (tertiary/aromatic N) is 2. The van der Waals surface area contributed by atoms with Crippen LogP contribution in [0.1, 0.15) is 28.5 Å². The van der Waals surface area contributed by atoms with Crippen LogP contribution < -0.4 is 9.75 Å². The summed E-state index contributed by atoms with van der Waals surface area (Å²) in [6.07, 6.45) is 0. The third-order valence-electron chi connectivity index (χ3n) is 5.51. The number of aromatic carboxylic acids is 1. The van der Waals surface area contributed by atoms with Gasteiger partial charge in [0.15, 0.2) is 11.6 Å². The Morgan fingerprint density at radius 1 is 1.03 bits per heavy atom. The highest BCUT2D eigenvalue weighted by Crippen LogP contribution is 2.36. The highest BCUT2D eigenvalue weighted by Gasteiger charge is 2.23. The van der Waals surface area contributed by atoms with Crippen molar-refractivity contribution in [2.75, 3.05) is 5.01 Å². The lowest BCUT2D eigenvalue weighted by molar-refractivity contribution is -0.117. The maximum absolute atomic E-state index is 14.2. The van der Waals surface area contributed by atoms with Crippen LogP contribution in [0.2, 0.25) is 5.02 Å². The largest absolute Gasteiger partial charge is 0.488 e. The molecule has 0 spiro atoms. The fourth-order valence-corrected chi connectivity index (χ4v) is 4.02. The molecule has 0 bridgehead atoms. The molecule has 36 heavy (non-hydrogen) atoms. The summed E-state index contributed by atoms with van der Waals surface area (Å²) >= 11 is 6.28. The summed E-state index contributed by atoms with van der Waals surface area (Å²) in [5.74, 6) is -3.14. The first-order valence-corrected chi connectivity index (χ1v) is 11.2. The highest BCUT2D eigenvalue weighted by molar-refractivity contribution is 6.31. The molecule has 0 aliphatic heterocycles. The third-order valence-corrected chi connectivity index (χ3v) is 5.75. The molecule has 4 rings (SSSR count). The van der Waals surface area contributed by atoms with Gasteiger partial charge in [0.2, 0.25) is 5.91 Å². The SMILES string of the molecule is CC(=O)N(c1cccc(C(=O)O)c1)n1c(C)ccc1-c1cc(Cl)ccc1OCc1cccc(F)c1F. The van der Waals surface area contributed by atoms with Crippen molar-refractivity contribution >= 4 is 29.2 Å². The second-order valence-corrected chi connectivity index (χ2v) is 8.44. The number of aryl methyl sites for hydroxylation is 1. The molecule has 1 heterocycles. The van der Waals surface area contributed by atoms with Gasteiger partial charge in [0.1, 0.15) is 12.4 Å². The number of anilines is 1. The zero-order chi connectivity index (χ0) is 26.0. The molecule has 9 heteroatoms. The van der Waals surface area contributed by atoms with Crippen molar-refractivity contribution in [2.24, 2.45) is 0 Å². The number of benzene rings is 3. The van der Waals surface area contributed by atoms with Crippen LogP contribution in [0.4, 0.5) is 14.5 Å². The van der Waals surface area contributed by atoms with Crippen molar-refractivity contribution in [3.8, 4) is 17.0 Å². The van der Waals surface area contributed by atoms with E-state index in [0.29, 0.717) is 33.4 Å². The number of carbonyl (C=O) groups excluding carboxylic acids is 1. The van der Waals surface area contributed by atoms with Gasteiger partial charge in [0.25, 0.3) is 0 Å². The molecule has 1 aromatic heterocycles. The standard InChI is InChI=1S/C27H21ClF2N2O4/c1-16-9-11-24(31(16)32(17(2)33)21-7-3-5-18(13-21)27(34)35)22-14-20(28)10-12-25(22)36-15-19-6-4-8-23(29)26(19)30/h3-14H,15H2,1-2H3,(H,34,35). The van der Waals surface area contributed by atoms with E-state index in [1.54, 1.807) is 54.1 Å². The highest BCUT2D eigenvalue weighted by atomic mass is 35.5. The lowest BCUT2D eigenvalue weighted by Crippen LogP contribution is -2.35. The molecule has 3 aromatic carbocycles. The first kappa shape index (κ1) is 24.9. The summed E-state index contributed by atoms with van der Waals surface area (Å²) < 4.78 is 35.3. The molecule has 0 aliphatic rings. The summed E-state index contributed by atoms with van der Waals surface area (Å²) in [4.78, 5) is 24.3. The summed E-state index contributed by atoms with van der Waals surface area (Å²) in [6, 6.07) is 18.2. The van der Waals surface area contributed by atoms with Gasteiger partial charge in [-0.1, -0.05) is 29.8 Å². The van der Waals surface area contributed by atoms with Gasteiger partial charge in [0.05, 0.1) is 16.9 Å². The van der Waals surface area contributed by atoms with Crippen LogP contribution in [0.5, 0.6) is 5.75 Å². The molecule has 1 amide bonds. The van der Waals surface area contributed by atoms with E-state index in [2.05, 4.69) is 0 Å². The maximum atomic E-state index is 14.2. The van der Waals surface area contributed by atoms with Gasteiger partial charge in [-0.2, -0.15) is 0 Å². The topological polar surface area (TPSA) is 71.8 Å². The number of carboxylic acid groups (broad SMARTS) is 1. The Hall–Kier alpha value is -4.17. The van der Waals surface area contributed by atoms with Gasteiger partial charge in [-0.15, -0.1) is 0 Å². The van der Waals surface area contributed by atoms with Gasteiger partial charge >= 0.3 is 5.97 Å². The number of aromatic nitrogens is 1. The van der Waals surface area contributed by atoms with Crippen molar-refractivity contribution < 1.29 is 28.2 Å². The third kappa shape index (κ3) is 4.94. The Morgan fingerprint density at radius 2 is 1.78 bits per heavy atom. The van der Waals surface area contributed by atoms with Crippen molar-refractivity contribution in [3.05, 3.63) is 106 Å². The maximum Gasteiger partial charge on any atom is 0.335 e. The summed E-state index contributed by atoms with van der Waals surface area (Å²) in [5.41, 5.74) is 2.08. The number of hydrogen-bond donors (Lipinski definition) is 1. The molecule has 0 unspecified atom stereocenters. The number of carbonyl (C=O) groups is 2. The van der Waals surface area contributed by atoms with Crippen molar-refractivity contribution in [1.82, 2.24) is 4.68 Å². The average Bonchev–Trinajstić information content (AvgIpc) is 3.21.